The lowest BCUT2D eigenvalue weighted by atomic mass is 10.1. The molecule has 160 valence electrons. The van der Waals surface area contributed by atoms with Gasteiger partial charge in [0, 0.05) is 43.8 Å². The number of likely N-dealkylation sites (N-methyl/N-ethyl adjacent to an activating group) is 1. The molecule has 0 aromatic carbocycles. The molecule has 11 heteroatoms. The normalized spacial score (nSPS) is 18.1. The van der Waals surface area contributed by atoms with Crippen LogP contribution in [0.4, 0.5) is 19.0 Å². The smallest absolute Gasteiger partial charge is 0.353 e. The highest BCUT2D eigenvalue weighted by Crippen LogP contribution is 2.31. The average molecular weight is 428 g/mol. The van der Waals surface area contributed by atoms with E-state index in [9.17, 15) is 13.2 Å². The predicted molar refractivity (Wildman–Crippen MR) is 107 cm³/mol. The minimum Gasteiger partial charge on any atom is -0.353 e. The van der Waals surface area contributed by atoms with E-state index in [2.05, 4.69) is 42.0 Å². The first-order valence-corrected chi connectivity index (χ1v) is 9.72. The van der Waals surface area contributed by atoms with E-state index in [-0.39, 0.29) is 6.04 Å². The molecule has 5 rings (SSSR count). The Morgan fingerprint density at radius 3 is 2.74 bits per heavy atom. The van der Waals surface area contributed by atoms with Gasteiger partial charge in [-0.2, -0.15) is 18.3 Å². The molecule has 1 aliphatic heterocycles. The molecule has 5 heterocycles. The number of pyridine rings is 1. The average Bonchev–Trinajstić information content (AvgIpc) is 3.43. The van der Waals surface area contributed by atoms with Crippen LogP contribution in [0.15, 0.2) is 49.2 Å². The molecule has 1 N–H and O–H groups in total. The van der Waals surface area contributed by atoms with E-state index in [4.69, 9.17) is 0 Å². The van der Waals surface area contributed by atoms with E-state index < -0.39 is 11.7 Å². The molecule has 8 nitrogen and oxygen atoms in total. The number of hydrogen-bond donors (Lipinski definition) is 1. The van der Waals surface area contributed by atoms with E-state index in [0.717, 1.165) is 30.9 Å². The van der Waals surface area contributed by atoms with Gasteiger partial charge in [-0.15, -0.1) is 0 Å². The number of imidazole rings is 1. The van der Waals surface area contributed by atoms with Gasteiger partial charge in [-0.3, -0.25) is 14.4 Å². The molecule has 0 amide bonds. The van der Waals surface area contributed by atoms with Crippen molar-refractivity contribution in [3.8, 4) is 11.5 Å². The maximum atomic E-state index is 13.2. The molecule has 0 radical (unpaired) electrons. The number of aromatic amines is 1. The first kappa shape index (κ1) is 19.5. The Kier molecular flexibility index (Phi) is 4.62. The standard InChI is InChI=1S/C20H19F3N8/c1-29-6-7-30(12-16(29)13-8-26-27-9-13)18-4-5-24-19(28-18)15-10-25-17-3-2-14(11-31(15)17)20(21,22)23/h2-5,8-11,16H,6-7,12H2,1H3,(H,26,27). The van der Waals surface area contributed by atoms with Crippen molar-refractivity contribution in [2.75, 3.05) is 31.6 Å². The number of rotatable bonds is 3. The number of piperazine rings is 1. The van der Waals surface area contributed by atoms with E-state index >= 15 is 0 Å². The summed E-state index contributed by atoms with van der Waals surface area (Å²) in [5.74, 6) is 1.04. The van der Waals surface area contributed by atoms with Gasteiger partial charge in [0.25, 0.3) is 0 Å². The Hall–Kier alpha value is -3.47. The number of H-pyrrole nitrogens is 1. The molecule has 0 bridgehead atoms. The summed E-state index contributed by atoms with van der Waals surface area (Å²) < 4.78 is 40.9. The lowest BCUT2D eigenvalue weighted by Crippen LogP contribution is -2.47. The monoisotopic (exact) mass is 428 g/mol. The third kappa shape index (κ3) is 3.61. The molecule has 1 saturated heterocycles. The molecule has 1 aliphatic rings. The molecule has 0 spiro atoms. The summed E-state index contributed by atoms with van der Waals surface area (Å²) in [4.78, 5) is 17.6. The predicted octanol–water partition coefficient (Wildman–Crippen LogP) is 3.03. The zero-order chi connectivity index (χ0) is 21.6. The van der Waals surface area contributed by atoms with E-state index in [1.807, 2.05) is 18.5 Å². The minimum atomic E-state index is -4.44. The van der Waals surface area contributed by atoms with Crippen LogP contribution < -0.4 is 4.90 Å². The van der Waals surface area contributed by atoms with Gasteiger partial charge in [-0.25, -0.2) is 15.0 Å². The summed E-state index contributed by atoms with van der Waals surface area (Å²) in [5.41, 5.74) is 1.14. The highest BCUT2D eigenvalue weighted by atomic mass is 19.4. The van der Waals surface area contributed by atoms with Crippen molar-refractivity contribution in [1.29, 1.82) is 0 Å². The van der Waals surface area contributed by atoms with Crippen LogP contribution in [0.2, 0.25) is 0 Å². The van der Waals surface area contributed by atoms with Gasteiger partial charge >= 0.3 is 6.18 Å². The second-order valence-electron chi connectivity index (χ2n) is 7.50. The highest BCUT2D eigenvalue weighted by Gasteiger charge is 2.31. The lowest BCUT2D eigenvalue weighted by molar-refractivity contribution is -0.137. The number of nitrogens with one attached hydrogen (secondary N) is 1. The molecule has 0 aliphatic carbocycles. The van der Waals surface area contributed by atoms with Crippen molar-refractivity contribution in [2.24, 2.45) is 0 Å². The van der Waals surface area contributed by atoms with Crippen molar-refractivity contribution in [2.45, 2.75) is 12.2 Å². The summed E-state index contributed by atoms with van der Waals surface area (Å²) in [6.45, 7) is 2.31. The van der Waals surface area contributed by atoms with Crippen molar-refractivity contribution >= 4 is 11.5 Å². The van der Waals surface area contributed by atoms with Crippen molar-refractivity contribution in [1.82, 2.24) is 34.4 Å². The second kappa shape index (κ2) is 7.34. The molecular formula is C20H19F3N8. The van der Waals surface area contributed by atoms with E-state index in [1.165, 1.54) is 16.7 Å². The van der Waals surface area contributed by atoms with E-state index in [0.29, 0.717) is 29.5 Å². The van der Waals surface area contributed by atoms with Crippen molar-refractivity contribution in [3.05, 3.63) is 60.3 Å². The van der Waals surface area contributed by atoms with Crippen LogP contribution >= 0.6 is 0 Å². The second-order valence-corrected chi connectivity index (χ2v) is 7.50. The fourth-order valence-electron chi connectivity index (χ4n) is 3.85. The molecule has 0 saturated carbocycles. The van der Waals surface area contributed by atoms with Crippen LogP contribution in [0.25, 0.3) is 17.2 Å². The first-order valence-electron chi connectivity index (χ1n) is 9.72. The number of hydrogen-bond acceptors (Lipinski definition) is 6. The van der Waals surface area contributed by atoms with Crippen LogP contribution in [-0.2, 0) is 6.18 Å². The molecule has 4 aromatic heterocycles. The Balaban J connectivity index is 1.48. The molecule has 31 heavy (non-hydrogen) atoms. The maximum Gasteiger partial charge on any atom is 0.417 e. The third-order valence-corrected chi connectivity index (χ3v) is 5.58. The molecule has 1 unspecified atom stereocenters. The van der Waals surface area contributed by atoms with Gasteiger partial charge in [-0.1, -0.05) is 0 Å². The van der Waals surface area contributed by atoms with E-state index in [1.54, 1.807) is 6.20 Å². The number of alkyl halides is 3. The highest BCUT2D eigenvalue weighted by molar-refractivity contribution is 5.59. The lowest BCUT2D eigenvalue weighted by Gasteiger charge is -2.39. The fourth-order valence-corrected chi connectivity index (χ4v) is 3.85. The SMILES string of the molecule is CN1CCN(c2ccnc(-c3cnc4ccc(C(F)(F)F)cn34)n2)CC1c1cn[nH]c1. The molecule has 1 atom stereocenters. The van der Waals surface area contributed by atoms with Gasteiger partial charge in [0.15, 0.2) is 5.82 Å². The minimum absolute atomic E-state index is 0.149. The number of fused-ring (bicyclic) bond motifs is 1. The largest absolute Gasteiger partial charge is 0.417 e. The maximum absolute atomic E-state index is 13.2. The quantitative estimate of drug-likeness (QED) is 0.541. The summed E-state index contributed by atoms with van der Waals surface area (Å²) in [7, 11) is 2.07. The molecule has 1 fully saturated rings. The van der Waals surface area contributed by atoms with Gasteiger partial charge in [-0.05, 0) is 25.2 Å². The number of halogens is 3. The van der Waals surface area contributed by atoms with Crippen LogP contribution in [0.1, 0.15) is 17.2 Å². The zero-order valence-electron chi connectivity index (χ0n) is 16.6. The van der Waals surface area contributed by atoms with Crippen LogP contribution in [0, 0.1) is 0 Å². The summed E-state index contributed by atoms with van der Waals surface area (Å²) >= 11 is 0. The Morgan fingerprint density at radius 1 is 1.10 bits per heavy atom. The fraction of sp³-hybridized carbons (Fsp3) is 0.300. The van der Waals surface area contributed by atoms with Gasteiger partial charge < -0.3 is 4.90 Å². The molecular weight excluding hydrogens is 409 g/mol. The van der Waals surface area contributed by atoms with Crippen molar-refractivity contribution < 1.29 is 13.2 Å². The Bertz CT molecular complexity index is 1200. The van der Waals surface area contributed by atoms with Crippen molar-refractivity contribution in [3.63, 3.8) is 0 Å². The van der Waals surface area contributed by atoms with Gasteiger partial charge in [0.05, 0.1) is 24.0 Å². The van der Waals surface area contributed by atoms with Crippen LogP contribution in [0.5, 0.6) is 0 Å². The number of anilines is 1. The number of nitrogens with zero attached hydrogens (tertiary/aromatic N) is 7. The summed E-state index contributed by atoms with van der Waals surface area (Å²) in [6.07, 6.45) is 3.39. The summed E-state index contributed by atoms with van der Waals surface area (Å²) in [5, 5.41) is 6.90. The topological polar surface area (TPSA) is 78.2 Å². The van der Waals surface area contributed by atoms with Crippen LogP contribution in [0.3, 0.4) is 0 Å². The Morgan fingerprint density at radius 2 is 1.97 bits per heavy atom. The molecule has 4 aromatic rings. The van der Waals surface area contributed by atoms with Crippen LogP contribution in [-0.4, -0.2) is 61.1 Å². The number of aromatic nitrogens is 6. The Labute approximate surface area is 175 Å². The third-order valence-electron chi connectivity index (χ3n) is 5.58. The van der Waals surface area contributed by atoms with Gasteiger partial charge in [0.2, 0.25) is 0 Å². The van der Waals surface area contributed by atoms with Gasteiger partial charge in [0.1, 0.15) is 17.2 Å². The summed E-state index contributed by atoms with van der Waals surface area (Å²) in [6, 6.07) is 4.32. The first-order chi connectivity index (χ1) is 14.9. The zero-order valence-corrected chi connectivity index (χ0v) is 16.6.